The third-order valence-corrected chi connectivity index (χ3v) is 6.29. The predicted octanol–water partition coefficient (Wildman–Crippen LogP) is 0.733. The molecule has 3 amide bonds. The van der Waals surface area contributed by atoms with Crippen LogP contribution in [0.5, 0.6) is 0 Å². The minimum atomic E-state index is -1.12. The summed E-state index contributed by atoms with van der Waals surface area (Å²) in [5, 5.41) is 20.6. The molecule has 1 heterocycles. The normalized spacial score (nSPS) is 19.9. The number of aliphatic carboxylic acids is 1. The van der Waals surface area contributed by atoms with Gasteiger partial charge in [0.15, 0.2) is 0 Å². The molecule has 1 aliphatic rings. The van der Waals surface area contributed by atoms with Crippen LogP contribution in [0.1, 0.15) is 53.4 Å². The molecule has 5 atom stereocenters. The Hall–Kier alpha value is -1.81. The van der Waals surface area contributed by atoms with Gasteiger partial charge >= 0.3 is 5.97 Å². The number of nitrogens with one attached hydrogen (secondary N) is 4. The number of carboxylic acid groups (broad SMARTS) is 1. The number of hydrogen-bond donors (Lipinski definition) is 5. The van der Waals surface area contributed by atoms with E-state index in [1.54, 1.807) is 25.6 Å². The van der Waals surface area contributed by atoms with Crippen LogP contribution in [0.15, 0.2) is 0 Å². The molecule has 1 fully saturated rings. The summed E-state index contributed by atoms with van der Waals surface area (Å²) in [5.74, 6) is -2.14. The van der Waals surface area contributed by atoms with E-state index in [1.165, 1.54) is 0 Å². The molecule has 0 bridgehead atoms. The Balaban J connectivity index is 2.92. The van der Waals surface area contributed by atoms with Gasteiger partial charge in [0.2, 0.25) is 17.7 Å². The molecule has 1 rings (SSSR count). The largest absolute Gasteiger partial charge is 0.480 e. The van der Waals surface area contributed by atoms with Crippen LogP contribution in [-0.2, 0) is 19.2 Å². The number of carboxylic acids is 1. The van der Waals surface area contributed by atoms with Crippen LogP contribution in [0, 0.1) is 11.8 Å². The Kier molecular flexibility index (Phi) is 11.9. The van der Waals surface area contributed by atoms with Gasteiger partial charge in [-0.15, -0.1) is 0 Å². The Labute approximate surface area is 189 Å². The second-order valence-electron chi connectivity index (χ2n) is 8.43. The number of thioether (sulfide) groups is 1. The Morgan fingerprint density at radius 2 is 1.71 bits per heavy atom. The van der Waals surface area contributed by atoms with E-state index in [2.05, 4.69) is 21.3 Å². The highest BCUT2D eigenvalue weighted by Gasteiger charge is 2.33. The second-order valence-corrected chi connectivity index (χ2v) is 9.42. The fourth-order valence-electron chi connectivity index (χ4n) is 3.40. The summed E-state index contributed by atoms with van der Waals surface area (Å²) in [7, 11) is 0. The van der Waals surface area contributed by atoms with Gasteiger partial charge in [-0.25, -0.2) is 4.79 Å². The molecule has 31 heavy (non-hydrogen) atoms. The molecule has 0 aromatic heterocycles. The zero-order chi connectivity index (χ0) is 23.6. The van der Waals surface area contributed by atoms with E-state index < -0.39 is 35.9 Å². The molecule has 0 radical (unpaired) electrons. The number of carbonyl (C=O) groups is 4. The minimum absolute atomic E-state index is 0.209. The first kappa shape index (κ1) is 27.2. The van der Waals surface area contributed by atoms with Crippen molar-refractivity contribution >= 4 is 35.5 Å². The predicted molar refractivity (Wildman–Crippen MR) is 122 cm³/mol. The van der Waals surface area contributed by atoms with Crippen LogP contribution < -0.4 is 21.3 Å². The molecule has 0 saturated carbocycles. The number of carbonyl (C=O) groups excluding carboxylic acids is 3. The number of rotatable bonds is 13. The van der Waals surface area contributed by atoms with Gasteiger partial charge < -0.3 is 26.4 Å². The lowest BCUT2D eigenvalue weighted by Gasteiger charge is -2.28. The summed E-state index contributed by atoms with van der Waals surface area (Å²) in [6, 6.07) is -3.00. The third kappa shape index (κ3) is 8.68. The maximum Gasteiger partial charge on any atom is 0.326 e. The summed E-state index contributed by atoms with van der Waals surface area (Å²) in [6.45, 7) is 7.92. The van der Waals surface area contributed by atoms with Gasteiger partial charge in [-0.2, -0.15) is 11.8 Å². The molecule has 5 unspecified atom stereocenters. The first-order chi connectivity index (χ1) is 14.6. The van der Waals surface area contributed by atoms with Crippen LogP contribution in [0.4, 0.5) is 0 Å². The molecule has 1 saturated heterocycles. The summed E-state index contributed by atoms with van der Waals surface area (Å²) in [4.78, 5) is 49.9. The van der Waals surface area contributed by atoms with Gasteiger partial charge in [0.25, 0.3) is 0 Å². The van der Waals surface area contributed by atoms with Crippen LogP contribution in [0.3, 0.4) is 0 Å². The van der Waals surface area contributed by atoms with Crippen molar-refractivity contribution < 1.29 is 24.3 Å². The SMILES string of the molecule is CCC(C)C(NC(=O)C(CCSC)NC(=O)C1CCCN1)C(=O)NC(C(=O)O)C(C)C. The molecule has 178 valence electrons. The van der Waals surface area contributed by atoms with Crippen molar-refractivity contribution in [2.24, 2.45) is 11.8 Å². The van der Waals surface area contributed by atoms with Crippen molar-refractivity contribution in [3.8, 4) is 0 Å². The monoisotopic (exact) mass is 458 g/mol. The summed E-state index contributed by atoms with van der Waals surface area (Å²) >= 11 is 1.57. The van der Waals surface area contributed by atoms with Crippen molar-refractivity contribution in [1.82, 2.24) is 21.3 Å². The Bertz CT molecular complexity index is 625. The number of amides is 3. The van der Waals surface area contributed by atoms with Crippen molar-refractivity contribution in [2.45, 2.75) is 77.5 Å². The highest BCUT2D eigenvalue weighted by Crippen LogP contribution is 2.12. The number of hydrogen-bond acceptors (Lipinski definition) is 6. The quantitative estimate of drug-likeness (QED) is 0.274. The molecule has 0 aliphatic carbocycles. The van der Waals surface area contributed by atoms with Crippen molar-refractivity contribution in [1.29, 1.82) is 0 Å². The van der Waals surface area contributed by atoms with E-state index in [9.17, 15) is 24.3 Å². The maximum absolute atomic E-state index is 13.0. The summed E-state index contributed by atoms with van der Waals surface area (Å²) in [5.41, 5.74) is 0. The molecular weight excluding hydrogens is 420 g/mol. The van der Waals surface area contributed by atoms with E-state index in [4.69, 9.17) is 0 Å². The summed E-state index contributed by atoms with van der Waals surface area (Å²) < 4.78 is 0. The lowest BCUT2D eigenvalue weighted by molar-refractivity contribution is -0.144. The molecule has 5 N–H and O–H groups in total. The highest BCUT2D eigenvalue weighted by molar-refractivity contribution is 7.98. The van der Waals surface area contributed by atoms with Gasteiger partial charge in [0.05, 0.1) is 6.04 Å². The standard InChI is InChI=1S/C21H38N4O5S/c1-6-13(4)17(20(28)24-16(12(2)3)21(29)30)25-19(27)15(9-11-31-5)23-18(26)14-8-7-10-22-14/h12-17,22H,6-11H2,1-5H3,(H,23,26)(H,24,28)(H,25,27)(H,29,30). The fourth-order valence-corrected chi connectivity index (χ4v) is 3.87. The molecule has 10 heteroatoms. The van der Waals surface area contributed by atoms with E-state index in [1.807, 2.05) is 20.1 Å². The van der Waals surface area contributed by atoms with E-state index in [-0.39, 0.29) is 23.8 Å². The van der Waals surface area contributed by atoms with Crippen LogP contribution in [-0.4, -0.2) is 71.5 Å². The molecular formula is C21H38N4O5S. The van der Waals surface area contributed by atoms with Gasteiger partial charge in [0.1, 0.15) is 18.1 Å². The second kappa shape index (κ2) is 13.6. The Morgan fingerprint density at radius 3 is 2.19 bits per heavy atom. The van der Waals surface area contributed by atoms with Gasteiger partial charge in [-0.1, -0.05) is 34.1 Å². The zero-order valence-electron chi connectivity index (χ0n) is 19.2. The van der Waals surface area contributed by atoms with Crippen molar-refractivity contribution in [2.75, 3.05) is 18.6 Å². The molecule has 0 spiro atoms. The smallest absolute Gasteiger partial charge is 0.326 e. The van der Waals surface area contributed by atoms with E-state index >= 15 is 0 Å². The molecule has 1 aliphatic heterocycles. The lowest BCUT2D eigenvalue weighted by Crippen LogP contribution is -2.59. The van der Waals surface area contributed by atoms with Gasteiger partial charge in [-0.05, 0) is 49.7 Å². The molecule has 9 nitrogen and oxygen atoms in total. The molecule has 0 aromatic rings. The summed E-state index contributed by atoms with van der Waals surface area (Å²) in [6.07, 6.45) is 4.61. The average Bonchev–Trinajstić information content (AvgIpc) is 3.26. The van der Waals surface area contributed by atoms with Crippen molar-refractivity contribution in [3.63, 3.8) is 0 Å². The average molecular weight is 459 g/mol. The van der Waals surface area contributed by atoms with Crippen LogP contribution in [0.25, 0.3) is 0 Å². The lowest BCUT2D eigenvalue weighted by atomic mass is 9.96. The van der Waals surface area contributed by atoms with E-state index in [0.29, 0.717) is 18.6 Å². The van der Waals surface area contributed by atoms with Crippen molar-refractivity contribution in [3.05, 3.63) is 0 Å². The van der Waals surface area contributed by atoms with Crippen LogP contribution in [0.2, 0.25) is 0 Å². The van der Waals surface area contributed by atoms with Gasteiger partial charge in [-0.3, -0.25) is 14.4 Å². The minimum Gasteiger partial charge on any atom is -0.480 e. The zero-order valence-corrected chi connectivity index (χ0v) is 20.0. The van der Waals surface area contributed by atoms with Gasteiger partial charge in [0, 0.05) is 0 Å². The first-order valence-corrected chi connectivity index (χ1v) is 12.4. The van der Waals surface area contributed by atoms with E-state index in [0.717, 1.165) is 19.4 Å². The molecule has 0 aromatic carbocycles. The fraction of sp³-hybridized carbons (Fsp3) is 0.810. The topological polar surface area (TPSA) is 137 Å². The third-order valence-electron chi connectivity index (χ3n) is 5.64. The first-order valence-electron chi connectivity index (χ1n) is 11.0. The van der Waals surface area contributed by atoms with Crippen LogP contribution >= 0.6 is 11.8 Å². The maximum atomic E-state index is 13.0. The highest BCUT2D eigenvalue weighted by atomic mass is 32.2. The Morgan fingerprint density at radius 1 is 1.06 bits per heavy atom.